The zero-order chi connectivity index (χ0) is 6.00. The van der Waals surface area contributed by atoms with E-state index in [1.54, 1.807) is 0 Å². The molecule has 0 saturated heterocycles. The summed E-state index contributed by atoms with van der Waals surface area (Å²) >= 11 is 0. The molecule has 0 aromatic carbocycles. The van der Waals surface area contributed by atoms with Crippen molar-refractivity contribution in [3.63, 3.8) is 0 Å². The van der Waals surface area contributed by atoms with Gasteiger partial charge in [-0.3, -0.25) is 0 Å². The molecule has 3 N–H and O–H groups in total. The summed E-state index contributed by atoms with van der Waals surface area (Å²) in [5.74, 6) is 0. The fraction of sp³-hybridized carbons (Fsp3) is 1.00. The van der Waals surface area contributed by atoms with Gasteiger partial charge < -0.3 is 15.3 Å². The topological polar surface area (TPSA) is 60.7 Å². The fourth-order valence-corrected chi connectivity index (χ4v) is 0. The van der Waals surface area contributed by atoms with Crippen LogP contribution in [0.3, 0.4) is 0 Å². The summed E-state index contributed by atoms with van der Waals surface area (Å²) < 4.78 is 0. The Morgan fingerprint density at radius 3 is 0.500 bits per heavy atom. The molecule has 8 heavy (non-hydrogen) atoms. The van der Waals surface area contributed by atoms with Gasteiger partial charge in [-0.1, -0.05) is 0 Å². The minimum absolute atomic E-state index is 0. The van der Waals surface area contributed by atoms with E-state index in [2.05, 4.69) is 0 Å². The Morgan fingerprint density at radius 2 is 0.500 bits per heavy atom. The van der Waals surface area contributed by atoms with Gasteiger partial charge in [0.2, 0.25) is 0 Å². The second kappa shape index (κ2) is 259. The van der Waals surface area contributed by atoms with E-state index in [0.29, 0.717) is 0 Å². The minimum Gasteiger partial charge on any atom is -0.400 e. The van der Waals surface area contributed by atoms with Crippen LogP contribution < -0.4 is 0 Å². The normalized spacial score (nSPS) is 2.25. The van der Waals surface area contributed by atoms with Crippen molar-refractivity contribution in [3.05, 3.63) is 0 Å². The van der Waals surface area contributed by atoms with Gasteiger partial charge in [-0.2, -0.15) is 0 Å². The molecule has 0 saturated carbocycles. The molecule has 0 aliphatic rings. The summed E-state index contributed by atoms with van der Waals surface area (Å²) in [6.45, 7) is 0. The van der Waals surface area contributed by atoms with Crippen LogP contribution in [0.1, 0.15) is 0 Å². The van der Waals surface area contributed by atoms with Crippen molar-refractivity contribution in [2.75, 3.05) is 21.3 Å². The summed E-state index contributed by atoms with van der Waals surface area (Å²) in [7, 11) is 3.00. The average Bonchev–Trinajstić information content (AvgIpc) is 1.81. The zero-order valence-corrected chi connectivity index (χ0v) is 8.46. The van der Waals surface area contributed by atoms with Gasteiger partial charge in [0.05, 0.1) is 0 Å². The van der Waals surface area contributed by atoms with Gasteiger partial charge in [0.1, 0.15) is 0 Å². The molecule has 0 heterocycles. The molecule has 0 unspecified atom stereocenters. The molecule has 0 rings (SSSR count). The number of hydrogen-bond donors (Lipinski definition) is 3. The maximum Gasteiger partial charge on any atom is 0.0319 e. The van der Waals surface area contributed by atoms with Crippen LogP contribution in [0, 0.1) is 0 Å². The Balaban J connectivity index is -0.00000000500. The maximum absolute atomic E-state index is 7.00. The average molecular weight is 192 g/mol. The van der Waals surface area contributed by atoms with Crippen molar-refractivity contribution in [2.45, 2.75) is 0 Å². The predicted molar refractivity (Wildman–Crippen MR) is 24.4 cm³/mol. The van der Waals surface area contributed by atoms with Gasteiger partial charge in [-0.25, -0.2) is 0 Å². The van der Waals surface area contributed by atoms with Crippen LogP contribution >= 0.6 is 0 Å². The molecular formula is C3H12O3Ti2. The monoisotopic (exact) mass is 192 g/mol. The zero-order valence-electron chi connectivity index (χ0n) is 5.34. The SMILES string of the molecule is CO.CO.CO.[Ti].[Ti]. The summed E-state index contributed by atoms with van der Waals surface area (Å²) in [4.78, 5) is 0. The number of aliphatic hydroxyl groups is 3. The van der Waals surface area contributed by atoms with Crippen LogP contribution in [0.25, 0.3) is 0 Å². The van der Waals surface area contributed by atoms with Crippen molar-refractivity contribution in [3.8, 4) is 0 Å². The van der Waals surface area contributed by atoms with Crippen LogP contribution in [-0.2, 0) is 43.4 Å². The third kappa shape index (κ3) is 170. The maximum atomic E-state index is 7.00. The van der Waals surface area contributed by atoms with Gasteiger partial charge in [0, 0.05) is 64.8 Å². The Kier molecular flexibility index (Phi) is 1120. The molecule has 50 valence electrons. The summed E-state index contributed by atoms with van der Waals surface area (Å²) in [5.41, 5.74) is 0. The quantitative estimate of drug-likeness (QED) is 0.423. The molecule has 0 radical (unpaired) electrons. The van der Waals surface area contributed by atoms with Crippen LogP contribution in [-0.4, -0.2) is 36.6 Å². The van der Waals surface area contributed by atoms with E-state index in [1.807, 2.05) is 0 Å². The Labute approximate surface area is 79.9 Å². The van der Waals surface area contributed by atoms with Crippen LogP contribution in [0.15, 0.2) is 0 Å². The van der Waals surface area contributed by atoms with E-state index < -0.39 is 0 Å². The molecule has 0 atom stereocenters. The van der Waals surface area contributed by atoms with E-state index in [9.17, 15) is 0 Å². The summed E-state index contributed by atoms with van der Waals surface area (Å²) in [6.07, 6.45) is 0. The van der Waals surface area contributed by atoms with Gasteiger partial charge in [0.25, 0.3) is 0 Å². The molecule has 0 amide bonds. The predicted octanol–water partition coefficient (Wildman–Crippen LogP) is -1.18. The summed E-state index contributed by atoms with van der Waals surface area (Å²) in [6, 6.07) is 0. The molecule has 0 aromatic rings. The van der Waals surface area contributed by atoms with Crippen molar-refractivity contribution in [1.29, 1.82) is 0 Å². The standard InChI is InChI=1S/3CH4O.2Ti/c3*1-2;;/h3*2H,1H3;;. The Bertz CT molecular complexity index is 12.5. The first-order valence-corrected chi connectivity index (χ1v) is 1.34. The van der Waals surface area contributed by atoms with Crippen molar-refractivity contribution >= 4 is 0 Å². The molecule has 3 nitrogen and oxygen atoms in total. The number of aliphatic hydroxyl groups excluding tert-OH is 3. The van der Waals surface area contributed by atoms with E-state index in [0.717, 1.165) is 21.3 Å². The van der Waals surface area contributed by atoms with Crippen LogP contribution in [0.4, 0.5) is 0 Å². The van der Waals surface area contributed by atoms with Crippen molar-refractivity contribution in [2.24, 2.45) is 0 Å². The van der Waals surface area contributed by atoms with Gasteiger partial charge in [-0.15, -0.1) is 0 Å². The molecule has 0 fully saturated rings. The first-order valence-electron chi connectivity index (χ1n) is 1.34. The van der Waals surface area contributed by atoms with E-state index >= 15 is 0 Å². The Hall–Kier alpha value is 1.31. The summed E-state index contributed by atoms with van der Waals surface area (Å²) in [5, 5.41) is 21.0. The molecule has 0 bridgehead atoms. The molecule has 0 aliphatic carbocycles. The second-order valence-corrected chi connectivity index (χ2v) is 0. The first kappa shape index (κ1) is 34.6. The Morgan fingerprint density at radius 1 is 0.500 bits per heavy atom. The molecule has 0 aromatic heterocycles. The molecule has 0 aliphatic heterocycles. The third-order valence-electron chi connectivity index (χ3n) is 0. The number of hydrogen-bond acceptors (Lipinski definition) is 3. The van der Waals surface area contributed by atoms with Crippen molar-refractivity contribution in [1.82, 2.24) is 0 Å². The van der Waals surface area contributed by atoms with Gasteiger partial charge in [-0.05, 0) is 0 Å². The smallest absolute Gasteiger partial charge is 0.0319 e. The van der Waals surface area contributed by atoms with E-state index in [-0.39, 0.29) is 43.4 Å². The first-order chi connectivity index (χ1) is 3.00. The third-order valence-corrected chi connectivity index (χ3v) is 0. The molecular weight excluding hydrogens is 180 g/mol. The van der Waals surface area contributed by atoms with E-state index in [4.69, 9.17) is 15.3 Å². The fourth-order valence-electron chi connectivity index (χ4n) is 0. The van der Waals surface area contributed by atoms with Crippen LogP contribution in [0.5, 0.6) is 0 Å². The van der Waals surface area contributed by atoms with Crippen LogP contribution in [0.2, 0.25) is 0 Å². The van der Waals surface area contributed by atoms with E-state index in [1.165, 1.54) is 0 Å². The van der Waals surface area contributed by atoms with Crippen molar-refractivity contribution < 1.29 is 58.8 Å². The second-order valence-electron chi connectivity index (χ2n) is 0. The van der Waals surface area contributed by atoms with Gasteiger partial charge >= 0.3 is 0 Å². The molecule has 5 heteroatoms. The minimum atomic E-state index is 0. The van der Waals surface area contributed by atoms with Gasteiger partial charge in [0.15, 0.2) is 0 Å². The molecule has 0 spiro atoms. The largest absolute Gasteiger partial charge is 0.400 e. The number of rotatable bonds is 0.